The van der Waals surface area contributed by atoms with Crippen LogP contribution < -0.4 is 15.4 Å². The van der Waals surface area contributed by atoms with Crippen LogP contribution in [0.1, 0.15) is 41.3 Å². The second kappa shape index (κ2) is 7.25. The molecule has 1 aliphatic rings. The SMILES string of the molecule is Cc1cc(C(=O)NCC2(C)CCNCC2)cc(C)c1OC(F)F. The van der Waals surface area contributed by atoms with Crippen LogP contribution in [-0.2, 0) is 0 Å². The summed E-state index contributed by atoms with van der Waals surface area (Å²) in [6, 6.07) is 3.18. The van der Waals surface area contributed by atoms with Gasteiger partial charge in [0.25, 0.3) is 5.91 Å². The maximum atomic E-state index is 12.4. The summed E-state index contributed by atoms with van der Waals surface area (Å²) >= 11 is 0. The highest BCUT2D eigenvalue weighted by Gasteiger charge is 2.27. The highest BCUT2D eigenvalue weighted by molar-refractivity contribution is 5.94. The van der Waals surface area contributed by atoms with Crippen molar-refractivity contribution in [3.05, 3.63) is 28.8 Å². The van der Waals surface area contributed by atoms with Crippen LogP contribution in [0.5, 0.6) is 5.75 Å². The number of alkyl halides is 2. The van der Waals surface area contributed by atoms with Crippen LogP contribution >= 0.6 is 0 Å². The summed E-state index contributed by atoms with van der Waals surface area (Å²) in [6.07, 6.45) is 2.04. The van der Waals surface area contributed by atoms with Gasteiger partial charge >= 0.3 is 6.61 Å². The molecule has 0 unspecified atom stereocenters. The third kappa shape index (κ3) is 4.64. The zero-order valence-electron chi connectivity index (χ0n) is 13.8. The summed E-state index contributed by atoms with van der Waals surface area (Å²) in [6.45, 7) is 5.16. The Morgan fingerprint density at radius 2 is 1.87 bits per heavy atom. The molecule has 0 aliphatic carbocycles. The Morgan fingerprint density at radius 1 is 1.30 bits per heavy atom. The van der Waals surface area contributed by atoms with Crippen LogP contribution in [-0.4, -0.2) is 32.2 Å². The molecule has 1 saturated heterocycles. The normalized spacial score (nSPS) is 17.1. The number of hydrogen-bond donors (Lipinski definition) is 2. The van der Waals surface area contributed by atoms with E-state index in [9.17, 15) is 13.6 Å². The molecule has 0 radical (unpaired) electrons. The molecule has 2 N–H and O–H groups in total. The lowest BCUT2D eigenvalue weighted by atomic mass is 9.81. The highest BCUT2D eigenvalue weighted by Crippen LogP contribution is 2.28. The topological polar surface area (TPSA) is 50.4 Å². The number of benzene rings is 1. The summed E-state index contributed by atoms with van der Waals surface area (Å²) in [5, 5.41) is 6.28. The molecule has 0 aromatic heterocycles. The van der Waals surface area contributed by atoms with Gasteiger partial charge in [0.2, 0.25) is 0 Å². The molecule has 6 heteroatoms. The first-order chi connectivity index (χ1) is 10.8. The Bertz CT molecular complexity index is 547. The number of hydrogen-bond acceptors (Lipinski definition) is 3. The quantitative estimate of drug-likeness (QED) is 0.874. The Kier molecular flexibility index (Phi) is 5.57. The number of nitrogens with one attached hydrogen (secondary N) is 2. The maximum absolute atomic E-state index is 12.4. The second-order valence-electron chi connectivity index (χ2n) is 6.56. The molecule has 128 valence electrons. The number of carbonyl (C=O) groups is 1. The first-order valence-corrected chi connectivity index (χ1v) is 7.86. The monoisotopic (exact) mass is 326 g/mol. The number of halogens is 2. The number of piperidine rings is 1. The van der Waals surface area contributed by atoms with E-state index in [0.29, 0.717) is 23.2 Å². The number of ether oxygens (including phenoxy) is 1. The van der Waals surface area contributed by atoms with Crippen molar-refractivity contribution >= 4 is 5.91 Å². The van der Waals surface area contributed by atoms with Gasteiger partial charge in [0.05, 0.1) is 0 Å². The smallest absolute Gasteiger partial charge is 0.387 e. The molecule has 1 aliphatic heterocycles. The van der Waals surface area contributed by atoms with Gasteiger partial charge in [-0.25, -0.2) is 0 Å². The zero-order chi connectivity index (χ0) is 17.0. The first kappa shape index (κ1) is 17.7. The lowest BCUT2D eigenvalue weighted by Gasteiger charge is -2.34. The summed E-state index contributed by atoms with van der Waals surface area (Å²) in [5.41, 5.74) is 1.63. The number of rotatable bonds is 5. The van der Waals surface area contributed by atoms with E-state index in [1.165, 1.54) is 0 Å². The average molecular weight is 326 g/mol. The Hall–Kier alpha value is -1.69. The minimum absolute atomic E-state index is 0.101. The molecule has 1 aromatic carbocycles. The van der Waals surface area contributed by atoms with Crippen LogP contribution in [0.4, 0.5) is 8.78 Å². The fourth-order valence-electron chi connectivity index (χ4n) is 2.96. The molecular weight excluding hydrogens is 302 g/mol. The molecule has 2 rings (SSSR count). The van der Waals surface area contributed by atoms with E-state index in [2.05, 4.69) is 22.3 Å². The van der Waals surface area contributed by atoms with Crippen LogP contribution in [0.15, 0.2) is 12.1 Å². The van der Waals surface area contributed by atoms with E-state index in [1.807, 2.05) is 0 Å². The van der Waals surface area contributed by atoms with E-state index in [0.717, 1.165) is 25.9 Å². The number of amides is 1. The molecule has 0 atom stereocenters. The van der Waals surface area contributed by atoms with Gasteiger partial charge in [-0.1, -0.05) is 6.92 Å². The van der Waals surface area contributed by atoms with E-state index < -0.39 is 6.61 Å². The Labute approximate surface area is 135 Å². The van der Waals surface area contributed by atoms with Crippen molar-refractivity contribution < 1.29 is 18.3 Å². The van der Waals surface area contributed by atoms with E-state index >= 15 is 0 Å². The molecule has 1 aromatic rings. The minimum atomic E-state index is -2.87. The lowest BCUT2D eigenvalue weighted by Crippen LogP contribution is -2.42. The van der Waals surface area contributed by atoms with Gasteiger partial charge in [-0.2, -0.15) is 8.78 Å². The Balaban J connectivity index is 2.04. The number of aryl methyl sites for hydroxylation is 2. The predicted molar refractivity (Wildman–Crippen MR) is 85.1 cm³/mol. The predicted octanol–water partition coefficient (Wildman–Crippen LogP) is 3.02. The van der Waals surface area contributed by atoms with Gasteiger partial charge in [-0.15, -0.1) is 0 Å². The van der Waals surface area contributed by atoms with E-state index in [1.54, 1.807) is 26.0 Å². The largest absolute Gasteiger partial charge is 0.434 e. The van der Waals surface area contributed by atoms with Gasteiger partial charge < -0.3 is 15.4 Å². The molecule has 1 amide bonds. The van der Waals surface area contributed by atoms with Gasteiger partial charge in [0.1, 0.15) is 5.75 Å². The van der Waals surface area contributed by atoms with Gasteiger partial charge in [-0.05, 0) is 68.5 Å². The fraction of sp³-hybridized carbons (Fsp3) is 0.588. The second-order valence-corrected chi connectivity index (χ2v) is 6.56. The maximum Gasteiger partial charge on any atom is 0.387 e. The molecular formula is C17H24F2N2O2. The van der Waals surface area contributed by atoms with Gasteiger partial charge in [0, 0.05) is 12.1 Å². The summed E-state index contributed by atoms with van der Waals surface area (Å²) < 4.78 is 29.3. The Morgan fingerprint density at radius 3 is 2.39 bits per heavy atom. The van der Waals surface area contributed by atoms with Crippen LogP contribution in [0.3, 0.4) is 0 Å². The molecule has 0 saturated carbocycles. The minimum Gasteiger partial charge on any atom is -0.434 e. The average Bonchev–Trinajstić information content (AvgIpc) is 2.49. The molecule has 0 spiro atoms. The van der Waals surface area contributed by atoms with E-state index in [4.69, 9.17) is 0 Å². The zero-order valence-corrected chi connectivity index (χ0v) is 13.8. The van der Waals surface area contributed by atoms with Crippen molar-refractivity contribution in [2.75, 3.05) is 19.6 Å². The molecule has 23 heavy (non-hydrogen) atoms. The first-order valence-electron chi connectivity index (χ1n) is 7.86. The molecule has 0 bridgehead atoms. The van der Waals surface area contributed by atoms with Crippen molar-refractivity contribution in [1.82, 2.24) is 10.6 Å². The summed E-state index contributed by atoms with van der Waals surface area (Å²) in [4.78, 5) is 12.4. The van der Waals surface area contributed by atoms with Crippen molar-refractivity contribution in [1.29, 1.82) is 0 Å². The standard InChI is InChI=1S/C17H24F2N2O2/c1-11-8-13(9-12(2)14(11)23-16(18)19)15(22)21-10-17(3)4-6-20-7-5-17/h8-9,16,20H,4-7,10H2,1-3H3,(H,21,22). The van der Waals surface area contributed by atoms with Crippen molar-refractivity contribution in [3.63, 3.8) is 0 Å². The van der Waals surface area contributed by atoms with Crippen molar-refractivity contribution in [2.24, 2.45) is 5.41 Å². The van der Waals surface area contributed by atoms with E-state index in [-0.39, 0.29) is 17.1 Å². The summed E-state index contributed by atoms with van der Waals surface area (Å²) in [5.74, 6) is -0.0404. The van der Waals surface area contributed by atoms with Crippen molar-refractivity contribution in [3.8, 4) is 5.75 Å². The van der Waals surface area contributed by atoms with Crippen LogP contribution in [0, 0.1) is 19.3 Å². The highest BCUT2D eigenvalue weighted by atomic mass is 19.3. The van der Waals surface area contributed by atoms with Gasteiger partial charge in [-0.3, -0.25) is 4.79 Å². The van der Waals surface area contributed by atoms with Crippen molar-refractivity contribution in [2.45, 2.75) is 40.2 Å². The third-order valence-corrected chi connectivity index (χ3v) is 4.42. The van der Waals surface area contributed by atoms with Gasteiger partial charge in [0.15, 0.2) is 0 Å². The molecule has 1 heterocycles. The fourth-order valence-corrected chi connectivity index (χ4v) is 2.96. The van der Waals surface area contributed by atoms with Crippen LogP contribution in [0.2, 0.25) is 0 Å². The lowest BCUT2D eigenvalue weighted by molar-refractivity contribution is -0.0507. The number of carbonyl (C=O) groups excluding carboxylic acids is 1. The van der Waals surface area contributed by atoms with Crippen LogP contribution in [0.25, 0.3) is 0 Å². The molecule has 1 fully saturated rings. The summed E-state index contributed by atoms with van der Waals surface area (Å²) in [7, 11) is 0. The third-order valence-electron chi connectivity index (χ3n) is 4.42. The molecule has 4 nitrogen and oxygen atoms in total.